The molecule has 0 amide bonds. The van der Waals surface area contributed by atoms with Crippen LogP contribution in [0.2, 0.25) is 0 Å². The number of rotatable bonds is 4. The van der Waals surface area contributed by atoms with Gasteiger partial charge in [0.1, 0.15) is 11.5 Å². The highest BCUT2D eigenvalue weighted by Crippen LogP contribution is 2.26. The van der Waals surface area contributed by atoms with Crippen LogP contribution in [0.25, 0.3) is 0 Å². The molecule has 4 heteroatoms. The summed E-state index contributed by atoms with van der Waals surface area (Å²) in [7, 11) is 0. The van der Waals surface area contributed by atoms with Crippen LogP contribution in [0, 0.1) is 6.92 Å². The number of hydrogen-bond acceptors (Lipinski definition) is 3. The van der Waals surface area contributed by atoms with Gasteiger partial charge < -0.3 is 10.1 Å². The summed E-state index contributed by atoms with van der Waals surface area (Å²) in [5, 5.41) is 3.20. The zero-order valence-corrected chi connectivity index (χ0v) is 12.0. The fraction of sp³-hybridized carbons (Fsp3) is 0.214. The first-order chi connectivity index (χ1) is 8.69. The van der Waals surface area contributed by atoms with E-state index >= 15 is 0 Å². The molecule has 0 radical (unpaired) electrons. The summed E-state index contributed by atoms with van der Waals surface area (Å²) < 4.78 is 6.86. The van der Waals surface area contributed by atoms with Crippen LogP contribution in [0.15, 0.2) is 41.1 Å². The zero-order chi connectivity index (χ0) is 13.0. The number of nitrogens with zero attached hydrogens (tertiary/aromatic N) is 1. The van der Waals surface area contributed by atoms with E-state index in [2.05, 4.69) is 26.2 Å². The molecule has 18 heavy (non-hydrogen) atoms. The number of anilines is 1. The highest BCUT2D eigenvalue weighted by molar-refractivity contribution is 9.10. The van der Waals surface area contributed by atoms with Gasteiger partial charge in [0.15, 0.2) is 0 Å². The van der Waals surface area contributed by atoms with Crippen LogP contribution in [0.1, 0.15) is 12.5 Å². The Morgan fingerprint density at radius 3 is 2.78 bits per heavy atom. The van der Waals surface area contributed by atoms with Crippen molar-refractivity contribution in [1.82, 2.24) is 4.98 Å². The predicted octanol–water partition coefficient (Wildman–Crippen LogP) is 4.38. The number of halogens is 1. The third kappa shape index (κ3) is 3.23. The lowest BCUT2D eigenvalue weighted by molar-refractivity contribution is 0.480. The summed E-state index contributed by atoms with van der Waals surface area (Å²) >= 11 is 3.47. The first-order valence-corrected chi connectivity index (χ1v) is 6.61. The van der Waals surface area contributed by atoms with Gasteiger partial charge in [-0.15, -0.1) is 0 Å². The molecular formula is C14H15BrN2O. The molecule has 0 spiro atoms. The number of hydrogen-bond donors (Lipinski definition) is 1. The topological polar surface area (TPSA) is 34.2 Å². The van der Waals surface area contributed by atoms with E-state index in [1.165, 1.54) is 0 Å². The Morgan fingerprint density at radius 2 is 2.06 bits per heavy atom. The molecule has 0 bridgehead atoms. The van der Waals surface area contributed by atoms with Crippen LogP contribution in [0.5, 0.6) is 11.5 Å². The summed E-state index contributed by atoms with van der Waals surface area (Å²) in [5.41, 5.74) is 2.10. The minimum atomic E-state index is 0.732. The molecule has 0 saturated heterocycles. The fourth-order valence-electron chi connectivity index (χ4n) is 1.59. The van der Waals surface area contributed by atoms with E-state index in [0.717, 1.165) is 33.8 Å². The van der Waals surface area contributed by atoms with E-state index in [-0.39, 0.29) is 0 Å². The molecule has 1 heterocycles. The summed E-state index contributed by atoms with van der Waals surface area (Å²) in [6, 6.07) is 7.83. The van der Waals surface area contributed by atoms with E-state index < -0.39 is 0 Å². The highest BCUT2D eigenvalue weighted by atomic mass is 79.9. The summed E-state index contributed by atoms with van der Waals surface area (Å²) in [6.45, 7) is 4.94. The molecule has 0 unspecified atom stereocenters. The Balaban J connectivity index is 2.17. The maximum absolute atomic E-state index is 5.78. The Morgan fingerprint density at radius 1 is 1.22 bits per heavy atom. The predicted molar refractivity (Wildman–Crippen MR) is 77.4 cm³/mol. The first kappa shape index (κ1) is 12.9. The minimum absolute atomic E-state index is 0.732. The lowest BCUT2D eigenvalue weighted by atomic mass is 10.2. The smallest absolute Gasteiger partial charge is 0.147 e. The second kappa shape index (κ2) is 5.87. The van der Waals surface area contributed by atoms with Crippen LogP contribution in [-0.4, -0.2) is 11.5 Å². The van der Waals surface area contributed by atoms with Crippen molar-refractivity contribution in [3.63, 3.8) is 0 Å². The molecular weight excluding hydrogens is 292 g/mol. The summed E-state index contributed by atoms with van der Waals surface area (Å²) in [5.74, 6) is 1.54. The van der Waals surface area contributed by atoms with E-state index in [9.17, 15) is 0 Å². The minimum Gasteiger partial charge on any atom is -0.456 e. The van der Waals surface area contributed by atoms with Gasteiger partial charge in [-0.3, -0.25) is 4.98 Å². The van der Waals surface area contributed by atoms with Crippen LogP contribution < -0.4 is 10.1 Å². The number of nitrogens with one attached hydrogen (secondary N) is 1. The molecule has 1 aromatic heterocycles. The van der Waals surface area contributed by atoms with Gasteiger partial charge in [0.2, 0.25) is 0 Å². The standard InChI is InChI=1S/C14H15BrN2O/c1-3-17-11-7-13(9-16-8-11)18-12-4-5-14(15)10(2)6-12/h4-9,17H,3H2,1-2H3. The average Bonchev–Trinajstić information content (AvgIpc) is 2.35. The van der Waals surface area contributed by atoms with E-state index in [1.807, 2.05) is 38.1 Å². The first-order valence-electron chi connectivity index (χ1n) is 5.82. The van der Waals surface area contributed by atoms with Crippen molar-refractivity contribution in [2.24, 2.45) is 0 Å². The van der Waals surface area contributed by atoms with E-state index in [0.29, 0.717) is 0 Å². The monoisotopic (exact) mass is 306 g/mol. The average molecular weight is 307 g/mol. The van der Waals surface area contributed by atoms with E-state index in [4.69, 9.17) is 4.74 Å². The van der Waals surface area contributed by atoms with Gasteiger partial charge in [0.25, 0.3) is 0 Å². The molecule has 0 atom stereocenters. The number of benzene rings is 1. The quantitative estimate of drug-likeness (QED) is 0.910. The molecule has 2 rings (SSSR count). The van der Waals surface area contributed by atoms with Gasteiger partial charge in [-0.2, -0.15) is 0 Å². The largest absolute Gasteiger partial charge is 0.456 e. The molecule has 0 saturated carbocycles. The van der Waals surface area contributed by atoms with Gasteiger partial charge in [-0.25, -0.2) is 0 Å². The van der Waals surface area contributed by atoms with Crippen molar-refractivity contribution >= 4 is 21.6 Å². The summed E-state index contributed by atoms with van der Waals surface area (Å²) in [4.78, 5) is 4.14. The Kier molecular flexibility index (Phi) is 4.20. The molecule has 2 aromatic rings. The number of aromatic nitrogens is 1. The van der Waals surface area contributed by atoms with Gasteiger partial charge in [-0.05, 0) is 37.6 Å². The molecule has 0 aliphatic rings. The van der Waals surface area contributed by atoms with Crippen molar-refractivity contribution in [1.29, 1.82) is 0 Å². The Labute approximate surface area is 115 Å². The second-order valence-electron chi connectivity index (χ2n) is 3.95. The SMILES string of the molecule is CCNc1cncc(Oc2ccc(Br)c(C)c2)c1. The van der Waals surface area contributed by atoms with Gasteiger partial charge in [0.05, 0.1) is 18.1 Å². The third-order valence-corrected chi connectivity index (χ3v) is 3.35. The highest BCUT2D eigenvalue weighted by Gasteiger charge is 2.01. The zero-order valence-electron chi connectivity index (χ0n) is 10.4. The molecule has 0 aliphatic carbocycles. The normalized spacial score (nSPS) is 10.2. The molecule has 0 aliphatic heterocycles. The Bertz CT molecular complexity index is 543. The number of pyridine rings is 1. The maximum atomic E-state index is 5.78. The van der Waals surface area contributed by atoms with Crippen molar-refractivity contribution < 1.29 is 4.74 Å². The molecule has 94 valence electrons. The van der Waals surface area contributed by atoms with Crippen molar-refractivity contribution in [2.75, 3.05) is 11.9 Å². The van der Waals surface area contributed by atoms with Gasteiger partial charge in [0, 0.05) is 17.1 Å². The van der Waals surface area contributed by atoms with E-state index in [1.54, 1.807) is 12.4 Å². The fourth-order valence-corrected chi connectivity index (χ4v) is 1.84. The molecule has 3 nitrogen and oxygen atoms in total. The van der Waals surface area contributed by atoms with Gasteiger partial charge in [-0.1, -0.05) is 15.9 Å². The van der Waals surface area contributed by atoms with Gasteiger partial charge >= 0.3 is 0 Å². The lowest BCUT2D eigenvalue weighted by Crippen LogP contribution is -1.97. The van der Waals surface area contributed by atoms with Crippen molar-refractivity contribution in [3.05, 3.63) is 46.7 Å². The number of aryl methyl sites for hydroxylation is 1. The second-order valence-corrected chi connectivity index (χ2v) is 4.81. The molecule has 0 fully saturated rings. The Hall–Kier alpha value is -1.55. The van der Waals surface area contributed by atoms with Crippen LogP contribution in [-0.2, 0) is 0 Å². The lowest BCUT2D eigenvalue weighted by Gasteiger charge is -2.09. The van der Waals surface area contributed by atoms with Crippen molar-refractivity contribution in [3.8, 4) is 11.5 Å². The van der Waals surface area contributed by atoms with Crippen molar-refractivity contribution in [2.45, 2.75) is 13.8 Å². The summed E-state index contributed by atoms with van der Waals surface area (Å²) in [6.07, 6.45) is 3.49. The molecule has 1 N–H and O–H groups in total. The molecule has 1 aromatic carbocycles. The number of ether oxygens (including phenoxy) is 1. The third-order valence-electron chi connectivity index (χ3n) is 2.46. The maximum Gasteiger partial charge on any atom is 0.147 e. The van der Waals surface area contributed by atoms with Crippen LogP contribution in [0.3, 0.4) is 0 Å². The van der Waals surface area contributed by atoms with Crippen LogP contribution in [0.4, 0.5) is 5.69 Å². The van der Waals surface area contributed by atoms with Crippen LogP contribution >= 0.6 is 15.9 Å².